The number of thioether (sulfide) groups is 3. The number of benzene rings is 3. The summed E-state index contributed by atoms with van der Waals surface area (Å²) < 4.78 is 0. The molecule has 0 bridgehead atoms. The lowest BCUT2D eigenvalue weighted by Gasteiger charge is -2.15. The van der Waals surface area contributed by atoms with Crippen LogP contribution in [0, 0.1) is 0 Å². The van der Waals surface area contributed by atoms with Gasteiger partial charge >= 0.3 is 0 Å². The fourth-order valence-electron chi connectivity index (χ4n) is 2.76. The van der Waals surface area contributed by atoms with Gasteiger partial charge in [0.05, 0.1) is 0 Å². The van der Waals surface area contributed by atoms with Crippen molar-refractivity contribution in [1.29, 1.82) is 0 Å². The van der Waals surface area contributed by atoms with Crippen molar-refractivity contribution in [3.05, 3.63) is 89.5 Å². The number of hydrogen-bond acceptors (Lipinski definition) is 3. The molecule has 0 unspecified atom stereocenters. The van der Waals surface area contributed by atoms with E-state index in [1.807, 2.05) is 35.3 Å². The van der Waals surface area contributed by atoms with Crippen molar-refractivity contribution in [3.63, 3.8) is 0 Å². The molecule has 1 aliphatic heterocycles. The molecular weight excluding hydrogens is 348 g/mol. The Bertz CT molecular complexity index is 660. The summed E-state index contributed by atoms with van der Waals surface area (Å²) >= 11 is 5.88. The van der Waals surface area contributed by atoms with E-state index in [0.717, 1.165) is 17.3 Å². The highest BCUT2D eigenvalue weighted by Gasteiger charge is 2.11. The monoisotopic (exact) mass is 366 g/mol. The smallest absolute Gasteiger partial charge is 0.0243 e. The molecule has 3 aromatic carbocycles. The summed E-state index contributed by atoms with van der Waals surface area (Å²) in [7, 11) is 0. The van der Waals surface area contributed by atoms with E-state index in [4.69, 9.17) is 0 Å². The van der Waals surface area contributed by atoms with Crippen molar-refractivity contribution in [2.24, 2.45) is 0 Å². The predicted octanol–water partition coefficient (Wildman–Crippen LogP) is 6.88. The highest BCUT2D eigenvalue weighted by atomic mass is 32.2. The van der Waals surface area contributed by atoms with E-state index in [2.05, 4.69) is 72.8 Å². The van der Waals surface area contributed by atoms with Crippen LogP contribution in [0.1, 0.15) is 16.7 Å². The molecule has 4 rings (SSSR count). The Kier molecular flexibility index (Phi) is 5.21. The van der Waals surface area contributed by atoms with Crippen molar-refractivity contribution in [3.8, 4) is 0 Å². The quantitative estimate of drug-likeness (QED) is 0.426. The lowest BCUT2D eigenvalue weighted by Crippen LogP contribution is -1.93. The molecule has 0 saturated carbocycles. The molecule has 1 aliphatic rings. The molecule has 120 valence electrons. The second-order valence-electron chi connectivity index (χ2n) is 5.69. The zero-order valence-corrected chi connectivity index (χ0v) is 15.7. The van der Waals surface area contributed by atoms with Crippen LogP contribution in [0.25, 0.3) is 0 Å². The SMILES string of the molecule is c1ccc2c(c1)CSc1ccccc1CSc1ccccc1CS2. The molecule has 0 aromatic heterocycles. The van der Waals surface area contributed by atoms with E-state index in [1.165, 1.54) is 31.4 Å². The van der Waals surface area contributed by atoms with Gasteiger partial charge in [0.1, 0.15) is 0 Å². The average Bonchev–Trinajstić information content (AvgIpc) is 2.64. The molecular formula is C21H18S3. The maximum Gasteiger partial charge on any atom is 0.0243 e. The van der Waals surface area contributed by atoms with Crippen LogP contribution in [-0.4, -0.2) is 0 Å². The second kappa shape index (κ2) is 7.73. The molecule has 3 heteroatoms. The van der Waals surface area contributed by atoms with Crippen molar-refractivity contribution in [1.82, 2.24) is 0 Å². The lowest BCUT2D eigenvalue weighted by molar-refractivity contribution is 1.20. The molecule has 0 saturated heterocycles. The van der Waals surface area contributed by atoms with Crippen LogP contribution < -0.4 is 0 Å². The Balaban J connectivity index is 1.75. The van der Waals surface area contributed by atoms with Crippen LogP contribution in [-0.2, 0) is 17.3 Å². The molecule has 0 spiro atoms. The molecule has 24 heavy (non-hydrogen) atoms. The third-order valence-electron chi connectivity index (χ3n) is 4.07. The summed E-state index contributed by atoms with van der Waals surface area (Å²) in [5.74, 6) is 3.10. The first-order valence-electron chi connectivity index (χ1n) is 8.02. The number of rotatable bonds is 0. The van der Waals surface area contributed by atoms with E-state index >= 15 is 0 Å². The number of hydrogen-bond donors (Lipinski definition) is 0. The molecule has 0 amide bonds. The first-order valence-corrected chi connectivity index (χ1v) is 11.0. The van der Waals surface area contributed by atoms with Crippen LogP contribution in [0.4, 0.5) is 0 Å². The Labute approximate surface area is 156 Å². The maximum atomic E-state index is 2.27. The van der Waals surface area contributed by atoms with E-state index in [1.54, 1.807) is 0 Å². The van der Waals surface area contributed by atoms with Gasteiger partial charge in [-0.1, -0.05) is 54.6 Å². The van der Waals surface area contributed by atoms with Crippen molar-refractivity contribution >= 4 is 35.3 Å². The molecule has 0 radical (unpaired) electrons. The van der Waals surface area contributed by atoms with Gasteiger partial charge in [0.15, 0.2) is 0 Å². The van der Waals surface area contributed by atoms with Crippen molar-refractivity contribution in [2.45, 2.75) is 31.9 Å². The zero-order valence-electron chi connectivity index (χ0n) is 13.3. The maximum absolute atomic E-state index is 2.27. The molecule has 3 aromatic rings. The van der Waals surface area contributed by atoms with E-state index in [0.29, 0.717) is 0 Å². The molecule has 0 atom stereocenters. The Morgan fingerprint density at radius 2 is 0.708 bits per heavy atom. The van der Waals surface area contributed by atoms with Crippen LogP contribution in [0.15, 0.2) is 87.5 Å². The summed E-state index contributed by atoms with van der Waals surface area (Å²) in [5, 5.41) is 0. The van der Waals surface area contributed by atoms with Crippen molar-refractivity contribution in [2.75, 3.05) is 0 Å². The summed E-state index contributed by atoms with van der Waals surface area (Å²) in [6.45, 7) is 0. The van der Waals surface area contributed by atoms with Gasteiger partial charge in [-0.05, 0) is 34.9 Å². The summed E-state index contributed by atoms with van der Waals surface area (Å²) in [6, 6.07) is 26.5. The Morgan fingerprint density at radius 3 is 1.04 bits per heavy atom. The van der Waals surface area contributed by atoms with E-state index in [-0.39, 0.29) is 0 Å². The van der Waals surface area contributed by atoms with E-state index < -0.39 is 0 Å². The largest absolute Gasteiger partial charge is 0.121 e. The minimum absolute atomic E-state index is 1.03. The topological polar surface area (TPSA) is 0 Å². The average molecular weight is 367 g/mol. The fraction of sp³-hybridized carbons (Fsp3) is 0.143. The fourth-order valence-corrected chi connectivity index (χ4v) is 6.22. The highest BCUT2D eigenvalue weighted by Crippen LogP contribution is 2.37. The highest BCUT2D eigenvalue weighted by molar-refractivity contribution is 8.00. The van der Waals surface area contributed by atoms with Gasteiger partial charge in [-0.2, -0.15) is 0 Å². The minimum Gasteiger partial charge on any atom is -0.121 e. The second-order valence-corrected chi connectivity index (χ2v) is 8.74. The summed E-state index contributed by atoms with van der Waals surface area (Å²) in [6.07, 6.45) is 0. The molecule has 0 aliphatic carbocycles. The Morgan fingerprint density at radius 1 is 0.417 bits per heavy atom. The van der Waals surface area contributed by atoms with Crippen molar-refractivity contribution < 1.29 is 0 Å². The summed E-state index contributed by atoms with van der Waals surface area (Å²) in [4.78, 5) is 4.22. The van der Waals surface area contributed by atoms with Crippen LogP contribution in [0.5, 0.6) is 0 Å². The third-order valence-corrected chi connectivity index (χ3v) is 7.56. The van der Waals surface area contributed by atoms with Crippen LogP contribution >= 0.6 is 35.3 Å². The third kappa shape index (κ3) is 3.69. The first-order chi connectivity index (χ1) is 11.9. The first kappa shape index (κ1) is 16.2. The summed E-state index contributed by atoms with van der Waals surface area (Å²) in [5.41, 5.74) is 4.31. The Hall–Kier alpha value is -1.29. The van der Waals surface area contributed by atoms with Gasteiger partial charge in [0.2, 0.25) is 0 Å². The van der Waals surface area contributed by atoms with Gasteiger partial charge in [-0.3, -0.25) is 0 Å². The van der Waals surface area contributed by atoms with Crippen LogP contribution in [0.3, 0.4) is 0 Å². The molecule has 1 heterocycles. The lowest BCUT2D eigenvalue weighted by atomic mass is 10.2. The molecule has 0 N–H and O–H groups in total. The van der Waals surface area contributed by atoms with E-state index in [9.17, 15) is 0 Å². The van der Waals surface area contributed by atoms with Gasteiger partial charge < -0.3 is 0 Å². The van der Waals surface area contributed by atoms with Gasteiger partial charge in [0, 0.05) is 31.9 Å². The zero-order chi connectivity index (χ0) is 16.2. The van der Waals surface area contributed by atoms with Gasteiger partial charge in [-0.15, -0.1) is 35.3 Å². The minimum atomic E-state index is 1.03. The normalized spacial score (nSPS) is 14.5. The standard InChI is InChI=1S/C21H18S3/c1-4-10-19-16(7-1)13-22-20-11-5-2-9-18(20)15-24-21-12-6-3-8-17(21)14-23-19/h1-12H,13-15H2. The van der Waals surface area contributed by atoms with Crippen LogP contribution in [0.2, 0.25) is 0 Å². The van der Waals surface area contributed by atoms with Gasteiger partial charge in [-0.25, -0.2) is 0 Å². The van der Waals surface area contributed by atoms with Gasteiger partial charge in [0.25, 0.3) is 0 Å². The number of fused-ring (bicyclic) bond motifs is 3. The molecule has 0 fully saturated rings. The predicted molar refractivity (Wildman–Crippen MR) is 108 cm³/mol. The molecule has 0 nitrogen and oxygen atoms in total.